The third kappa shape index (κ3) is 9.59. The van der Waals surface area contributed by atoms with Crippen molar-refractivity contribution in [1.82, 2.24) is 20.3 Å². The summed E-state index contributed by atoms with van der Waals surface area (Å²) in [4.78, 5) is 39.8. The summed E-state index contributed by atoms with van der Waals surface area (Å²) in [7, 11) is -3.66. The molecule has 0 saturated carbocycles. The van der Waals surface area contributed by atoms with E-state index in [1.165, 1.54) is 25.3 Å². The fraction of sp³-hybridized carbons (Fsp3) is 0.108. The van der Waals surface area contributed by atoms with Gasteiger partial charge in [0.1, 0.15) is 6.04 Å². The number of fused-ring (bicyclic) bond motifs is 1. The second kappa shape index (κ2) is 15.7. The number of hydrogen-bond acceptors (Lipinski definition) is 7. The van der Waals surface area contributed by atoms with Crippen LogP contribution in [0.3, 0.4) is 0 Å². The molecule has 260 valence electrons. The maximum Gasteiger partial charge on any atom is 0.416 e. The molecule has 3 aromatic heterocycles. The first-order valence-electron chi connectivity index (χ1n) is 15.4. The normalized spacial score (nSPS) is 11.4. The van der Waals surface area contributed by atoms with E-state index in [2.05, 4.69) is 25.6 Å². The molecular formula is C37H30F3N5O5S. The number of hydrogen-bond donors (Lipinski definition) is 3. The van der Waals surface area contributed by atoms with Crippen LogP contribution in [0.1, 0.15) is 50.6 Å². The van der Waals surface area contributed by atoms with Gasteiger partial charge in [-0.15, -0.1) is 0 Å². The Bertz CT molecular complexity index is 2220. The Morgan fingerprint density at radius 3 is 1.96 bits per heavy atom. The summed E-state index contributed by atoms with van der Waals surface area (Å²) in [6.45, 7) is 1.37. The van der Waals surface area contributed by atoms with E-state index in [0.29, 0.717) is 50.2 Å². The largest absolute Gasteiger partial charge is 0.416 e. The molecule has 0 saturated heterocycles. The molecule has 0 bridgehead atoms. The Morgan fingerprint density at radius 2 is 1.39 bits per heavy atom. The van der Waals surface area contributed by atoms with Crippen molar-refractivity contribution in [2.75, 3.05) is 11.1 Å². The predicted octanol–water partition coefficient (Wildman–Crippen LogP) is 7.38. The number of carbonyl (C=O) groups excluding carboxylic acids is 2. The van der Waals surface area contributed by atoms with Crippen molar-refractivity contribution in [3.8, 4) is 11.1 Å². The highest BCUT2D eigenvalue weighted by molar-refractivity contribution is 7.85. The molecule has 10 nitrogen and oxygen atoms in total. The first kappa shape index (κ1) is 36.3. The summed E-state index contributed by atoms with van der Waals surface area (Å²) in [5.41, 5.74) is 3.13. The van der Waals surface area contributed by atoms with E-state index in [0.717, 1.165) is 12.1 Å². The van der Waals surface area contributed by atoms with E-state index >= 15 is 0 Å². The van der Waals surface area contributed by atoms with Crippen molar-refractivity contribution in [1.29, 1.82) is 0 Å². The van der Waals surface area contributed by atoms with Gasteiger partial charge in [0.05, 0.1) is 33.8 Å². The molecule has 3 aromatic carbocycles. The van der Waals surface area contributed by atoms with E-state index in [9.17, 15) is 31.2 Å². The highest BCUT2D eigenvalue weighted by Gasteiger charge is 2.30. The molecule has 0 aliphatic rings. The third-order valence-corrected chi connectivity index (χ3v) is 8.24. The number of benzene rings is 3. The quantitative estimate of drug-likeness (QED) is 0.138. The number of anilines is 1. The van der Waals surface area contributed by atoms with Crippen molar-refractivity contribution in [2.24, 2.45) is 0 Å². The van der Waals surface area contributed by atoms with E-state index in [-0.39, 0.29) is 11.7 Å². The van der Waals surface area contributed by atoms with Gasteiger partial charge in [-0.3, -0.25) is 29.1 Å². The van der Waals surface area contributed by atoms with Crippen LogP contribution in [0.5, 0.6) is 0 Å². The molecule has 0 aliphatic heterocycles. The predicted molar refractivity (Wildman–Crippen MR) is 186 cm³/mol. The fourth-order valence-electron chi connectivity index (χ4n) is 4.90. The topological polar surface area (TPSA) is 151 Å². The van der Waals surface area contributed by atoms with Gasteiger partial charge in [-0.05, 0) is 78.7 Å². The third-order valence-electron chi connectivity index (χ3n) is 7.51. The molecule has 2 amide bonds. The van der Waals surface area contributed by atoms with Crippen LogP contribution in [-0.2, 0) is 16.3 Å². The lowest BCUT2D eigenvalue weighted by atomic mass is 9.98. The van der Waals surface area contributed by atoms with Crippen LogP contribution in [0.25, 0.3) is 22.0 Å². The lowest BCUT2D eigenvalue weighted by Gasteiger charge is -2.18. The Hall–Kier alpha value is -5.99. The first-order valence-corrected chi connectivity index (χ1v) is 17.0. The summed E-state index contributed by atoms with van der Waals surface area (Å²) >= 11 is 0. The Kier molecular flexibility index (Phi) is 11.2. The van der Waals surface area contributed by atoms with Crippen LogP contribution in [0.15, 0.2) is 128 Å². The number of halogens is 3. The van der Waals surface area contributed by atoms with Crippen LogP contribution in [0, 0.1) is 0 Å². The van der Waals surface area contributed by atoms with Crippen LogP contribution >= 0.6 is 0 Å². The number of alkyl halides is 3. The zero-order valence-electron chi connectivity index (χ0n) is 26.9. The van der Waals surface area contributed by atoms with E-state index < -0.39 is 33.8 Å². The summed E-state index contributed by atoms with van der Waals surface area (Å²) in [6, 6.07) is 28.5. The van der Waals surface area contributed by atoms with Gasteiger partial charge in [-0.2, -0.15) is 21.6 Å². The minimum absolute atomic E-state index is 0.201. The van der Waals surface area contributed by atoms with Gasteiger partial charge in [0.15, 0.2) is 0 Å². The highest BCUT2D eigenvalue weighted by atomic mass is 32.2. The Balaban J connectivity index is 0.000000774. The molecule has 0 atom stereocenters. The summed E-state index contributed by atoms with van der Waals surface area (Å²) in [5, 5.41) is 6.52. The van der Waals surface area contributed by atoms with Gasteiger partial charge in [-0.1, -0.05) is 48.5 Å². The number of nitrogens with one attached hydrogen (secondary N) is 2. The molecule has 6 aromatic rings. The first-order chi connectivity index (χ1) is 24.3. The van der Waals surface area contributed by atoms with E-state index in [1.54, 1.807) is 73.1 Å². The van der Waals surface area contributed by atoms with Crippen LogP contribution < -0.4 is 10.6 Å². The number of rotatable bonds is 8. The minimum Gasteiger partial charge on any atom is -0.338 e. The maximum absolute atomic E-state index is 13.3. The molecule has 0 radical (unpaired) electrons. The van der Waals surface area contributed by atoms with Crippen LogP contribution in [0.2, 0.25) is 0 Å². The smallest absolute Gasteiger partial charge is 0.338 e. The van der Waals surface area contributed by atoms with Gasteiger partial charge in [0.2, 0.25) is 0 Å². The number of amides is 2. The molecular weight excluding hydrogens is 683 g/mol. The van der Waals surface area contributed by atoms with Crippen molar-refractivity contribution in [2.45, 2.75) is 19.1 Å². The minimum atomic E-state index is -4.45. The zero-order valence-corrected chi connectivity index (χ0v) is 27.7. The lowest BCUT2D eigenvalue weighted by molar-refractivity contribution is -0.137. The number of nitrogens with zero attached hydrogens (tertiary/aromatic N) is 3. The van der Waals surface area contributed by atoms with E-state index in [1.807, 2.05) is 24.3 Å². The van der Waals surface area contributed by atoms with Crippen molar-refractivity contribution in [3.63, 3.8) is 0 Å². The van der Waals surface area contributed by atoms with Gasteiger partial charge >= 0.3 is 6.18 Å². The molecule has 0 aliphatic carbocycles. The number of pyridine rings is 3. The molecule has 14 heteroatoms. The molecule has 3 N–H and O–H groups in total. The average molecular weight is 714 g/mol. The van der Waals surface area contributed by atoms with Crippen molar-refractivity contribution >= 4 is 38.5 Å². The van der Waals surface area contributed by atoms with Gasteiger partial charge < -0.3 is 10.6 Å². The van der Waals surface area contributed by atoms with Crippen LogP contribution in [0.4, 0.5) is 18.9 Å². The van der Waals surface area contributed by atoms with Gasteiger partial charge in [0.25, 0.3) is 21.9 Å². The van der Waals surface area contributed by atoms with Gasteiger partial charge in [0, 0.05) is 35.2 Å². The summed E-state index contributed by atoms with van der Waals surface area (Å²) < 4.78 is 66.0. The summed E-state index contributed by atoms with van der Waals surface area (Å²) in [6.07, 6.45) is 0.306. The number of carbonyl (C=O) groups is 2. The van der Waals surface area contributed by atoms with Crippen molar-refractivity contribution in [3.05, 3.63) is 156 Å². The molecule has 6 rings (SSSR count). The molecule has 0 spiro atoms. The Labute approximate surface area is 291 Å². The SMILES string of the molecule is CCS(=O)(=O)O.O=C(NC(c1ccccn1)c1ccccn1)c1cnc2cc(NC(=O)c3ccccc3-c3ccc(C(F)(F)F)cc3)ccc2c1. The summed E-state index contributed by atoms with van der Waals surface area (Å²) in [5.74, 6) is -0.994. The standard InChI is InChI=1S/C35H24F3N5O2.C2H6O3S/c36-35(37,38)25-14-11-22(12-15-25)27-7-1-2-8-28(27)34(45)42-26-16-13-23-19-24(21-41-31(23)20-26)33(44)43-32(29-9-3-5-17-39-29)30-10-4-6-18-40-30;1-2-6(3,4)5/h1-21,32H,(H,42,45)(H,43,44);2H2,1H3,(H,3,4,5). The second-order valence-electron chi connectivity index (χ2n) is 11.0. The lowest BCUT2D eigenvalue weighted by Crippen LogP contribution is -2.30. The molecule has 0 unspecified atom stereocenters. The van der Waals surface area contributed by atoms with Gasteiger partial charge in [-0.25, -0.2) is 0 Å². The molecule has 0 fully saturated rings. The molecule has 51 heavy (non-hydrogen) atoms. The maximum atomic E-state index is 13.3. The number of aromatic nitrogens is 3. The highest BCUT2D eigenvalue weighted by Crippen LogP contribution is 2.32. The Morgan fingerprint density at radius 1 is 0.784 bits per heavy atom. The zero-order chi connectivity index (χ0) is 36.6. The fourth-order valence-corrected chi connectivity index (χ4v) is 4.90. The monoisotopic (exact) mass is 713 g/mol. The second-order valence-corrected chi connectivity index (χ2v) is 12.7. The average Bonchev–Trinajstić information content (AvgIpc) is 3.14. The van der Waals surface area contributed by atoms with Crippen molar-refractivity contribution < 1.29 is 35.7 Å². The molecule has 3 heterocycles. The van der Waals surface area contributed by atoms with Crippen LogP contribution in [-0.4, -0.2) is 45.5 Å². The van der Waals surface area contributed by atoms with E-state index in [4.69, 9.17) is 4.55 Å².